The van der Waals surface area contributed by atoms with Crippen molar-refractivity contribution < 1.29 is 13.9 Å². The van der Waals surface area contributed by atoms with Crippen molar-refractivity contribution in [2.75, 3.05) is 13.2 Å². The van der Waals surface area contributed by atoms with Gasteiger partial charge in [-0.3, -0.25) is 4.79 Å². The van der Waals surface area contributed by atoms with E-state index in [9.17, 15) is 4.79 Å². The Morgan fingerprint density at radius 3 is 2.96 bits per heavy atom. The second-order valence-corrected chi connectivity index (χ2v) is 7.09. The van der Waals surface area contributed by atoms with Gasteiger partial charge in [0, 0.05) is 18.2 Å². The van der Waals surface area contributed by atoms with Gasteiger partial charge >= 0.3 is 5.91 Å². The smallest absolute Gasteiger partial charge is 0.315 e. The number of benzene rings is 1. The second-order valence-electron chi connectivity index (χ2n) is 4.87. The average molecular weight is 430 g/mol. The number of hydrogen-bond acceptors (Lipinski definition) is 4. The van der Waals surface area contributed by atoms with Crippen LogP contribution in [-0.2, 0) is 11.3 Å². The molecule has 1 amide bonds. The fourth-order valence-corrected chi connectivity index (χ4v) is 3.86. The summed E-state index contributed by atoms with van der Waals surface area (Å²) in [6, 6.07) is 8.86. The number of thiazole rings is 1. The lowest BCUT2D eigenvalue weighted by molar-refractivity contribution is 0.0969. The van der Waals surface area contributed by atoms with Gasteiger partial charge in [-0.05, 0) is 53.2 Å². The summed E-state index contributed by atoms with van der Waals surface area (Å²) >= 11 is 10.7. The van der Waals surface area contributed by atoms with Crippen molar-refractivity contribution in [3.63, 3.8) is 0 Å². The largest absolute Gasteiger partial charge is 0.444 e. The number of ether oxygens (including phenoxy) is 1. The molecular formula is C16H14BrClN2O3S. The summed E-state index contributed by atoms with van der Waals surface area (Å²) in [6.07, 6.45) is 0. The maximum Gasteiger partial charge on any atom is 0.315 e. The molecule has 0 aliphatic heterocycles. The van der Waals surface area contributed by atoms with Crippen LogP contribution < -0.4 is 4.80 Å². The molecule has 126 valence electrons. The van der Waals surface area contributed by atoms with E-state index in [2.05, 4.69) is 20.9 Å². The number of amides is 1. The fraction of sp³-hybridized carbons (Fsp3) is 0.250. The number of aromatic nitrogens is 1. The highest BCUT2D eigenvalue weighted by molar-refractivity contribution is 9.10. The van der Waals surface area contributed by atoms with E-state index >= 15 is 0 Å². The lowest BCUT2D eigenvalue weighted by Crippen LogP contribution is -2.19. The molecule has 0 radical (unpaired) electrons. The third kappa shape index (κ3) is 3.80. The number of furan rings is 1. The maximum atomic E-state index is 12.3. The fourth-order valence-electron chi connectivity index (χ4n) is 2.22. The molecule has 0 atom stereocenters. The summed E-state index contributed by atoms with van der Waals surface area (Å²) in [5.74, 6) is -0.239. The van der Waals surface area contributed by atoms with Gasteiger partial charge in [0.25, 0.3) is 0 Å². The third-order valence-corrected chi connectivity index (χ3v) is 4.99. The Kier molecular flexibility index (Phi) is 5.55. The predicted octanol–water partition coefficient (Wildman–Crippen LogP) is 4.49. The van der Waals surface area contributed by atoms with Gasteiger partial charge in [0.15, 0.2) is 15.2 Å². The van der Waals surface area contributed by atoms with Gasteiger partial charge in [0.1, 0.15) is 0 Å². The number of fused-ring (bicyclic) bond motifs is 1. The van der Waals surface area contributed by atoms with Crippen LogP contribution in [-0.4, -0.2) is 23.7 Å². The molecule has 2 aromatic heterocycles. The molecule has 0 spiro atoms. The molecule has 0 aliphatic carbocycles. The van der Waals surface area contributed by atoms with Crippen molar-refractivity contribution in [1.82, 2.24) is 4.57 Å². The zero-order chi connectivity index (χ0) is 17.1. The first kappa shape index (κ1) is 17.4. The first-order valence-electron chi connectivity index (χ1n) is 7.29. The Balaban J connectivity index is 2.06. The third-order valence-electron chi connectivity index (χ3n) is 3.29. The maximum absolute atomic E-state index is 12.3. The Labute approximate surface area is 155 Å². The summed E-state index contributed by atoms with van der Waals surface area (Å²) < 4.78 is 14.1. The highest BCUT2D eigenvalue weighted by atomic mass is 79.9. The minimum Gasteiger partial charge on any atom is -0.444 e. The Morgan fingerprint density at radius 1 is 1.42 bits per heavy atom. The molecule has 0 saturated carbocycles. The molecule has 0 bridgehead atoms. The van der Waals surface area contributed by atoms with Crippen LogP contribution in [0.15, 0.2) is 44.4 Å². The number of rotatable bonds is 5. The molecule has 1 aromatic carbocycles. The standard InChI is InChI=1S/C16H14BrClN2O3S/c1-2-22-8-7-20-11-4-3-10(18)9-13(11)24-16(20)19-15(21)12-5-6-14(17)23-12/h3-6,9H,2,7-8H2,1H3. The molecule has 0 aliphatic rings. The molecule has 0 fully saturated rings. The van der Waals surface area contributed by atoms with Gasteiger partial charge in [-0.2, -0.15) is 4.99 Å². The number of carbonyl (C=O) groups excluding carboxylic acids is 1. The monoisotopic (exact) mass is 428 g/mol. The molecule has 5 nitrogen and oxygen atoms in total. The van der Waals surface area contributed by atoms with Crippen LogP contribution in [0.1, 0.15) is 17.5 Å². The molecule has 8 heteroatoms. The predicted molar refractivity (Wildman–Crippen MR) is 97.6 cm³/mol. The minimum atomic E-state index is -0.427. The van der Waals surface area contributed by atoms with Crippen LogP contribution in [0.5, 0.6) is 0 Å². The average Bonchev–Trinajstić information content (AvgIpc) is 3.11. The molecule has 0 saturated heterocycles. The summed E-state index contributed by atoms with van der Waals surface area (Å²) in [7, 11) is 0. The molecule has 0 N–H and O–H groups in total. The van der Waals surface area contributed by atoms with Crippen molar-refractivity contribution in [2.24, 2.45) is 4.99 Å². The molecule has 3 rings (SSSR count). The van der Waals surface area contributed by atoms with Crippen LogP contribution in [0.3, 0.4) is 0 Å². The quantitative estimate of drug-likeness (QED) is 0.562. The van der Waals surface area contributed by atoms with Crippen LogP contribution in [0, 0.1) is 0 Å². The van der Waals surface area contributed by atoms with Gasteiger partial charge in [0.05, 0.1) is 16.8 Å². The van der Waals surface area contributed by atoms with Gasteiger partial charge in [-0.25, -0.2) is 0 Å². The summed E-state index contributed by atoms with van der Waals surface area (Å²) in [4.78, 5) is 17.1. The van der Waals surface area contributed by atoms with E-state index in [1.165, 1.54) is 11.3 Å². The molecular weight excluding hydrogens is 416 g/mol. The van der Waals surface area contributed by atoms with Crippen LogP contribution in [0.2, 0.25) is 5.02 Å². The Bertz CT molecular complexity index is 944. The van der Waals surface area contributed by atoms with E-state index in [4.69, 9.17) is 20.8 Å². The minimum absolute atomic E-state index is 0.189. The number of nitrogens with zero attached hydrogens (tertiary/aromatic N) is 2. The first-order chi connectivity index (χ1) is 11.6. The lowest BCUT2D eigenvalue weighted by atomic mass is 10.3. The van der Waals surface area contributed by atoms with Gasteiger partial charge < -0.3 is 13.7 Å². The van der Waals surface area contributed by atoms with Crippen molar-refractivity contribution in [2.45, 2.75) is 13.5 Å². The number of hydrogen-bond donors (Lipinski definition) is 0. The first-order valence-corrected chi connectivity index (χ1v) is 9.28. The zero-order valence-corrected chi connectivity index (χ0v) is 15.9. The summed E-state index contributed by atoms with van der Waals surface area (Å²) in [5, 5.41) is 0.647. The molecule has 3 aromatic rings. The Morgan fingerprint density at radius 2 is 2.25 bits per heavy atom. The van der Waals surface area contributed by atoms with E-state index < -0.39 is 5.91 Å². The van der Waals surface area contributed by atoms with Crippen LogP contribution >= 0.6 is 38.9 Å². The van der Waals surface area contributed by atoms with Crippen molar-refractivity contribution in [3.05, 3.63) is 50.6 Å². The normalized spacial score (nSPS) is 12.2. The summed E-state index contributed by atoms with van der Waals surface area (Å²) in [5.41, 5.74) is 0.969. The van der Waals surface area contributed by atoms with Crippen molar-refractivity contribution >= 4 is 55.0 Å². The number of carbonyl (C=O) groups is 1. The van der Waals surface area contributed by atoms with Crippen LogP contribution in [0.25, 0.3) is 10.2 Å². The van der Waals surface area contributed by atoms with Crippen molar-refractivity contribution in [1.29, 1.82) is 0 Å². The lowest BCUT2D eigenvalue weighted by Gasteiger charge is -2.05. The van der Waals surface area contributed by atoms with E-state index in [-0.39, 0.29) is 5.76 Å². The van der Waals surface area contributed by atoms with Gasteiger partial charge in [-0.15, -0.1) is 0 Å². The zero-order valence-electron chi connectivity index (χ0n) is 12.8. The molecule has 0 unspecified atom stereocenters. The highest BCUT2D eigenvalue weighted by Crippen LogP contribution is 2.22. The van der Waals surface area contributed by atoms with Crippen LogP contribution in [0.4, 0.5) is 0 Å². The Hall–Kier alpha value is -1.41. The van der Waals surface area contributed by atoms with E-state index in [1.807, 2.05) is 29.7 Å². The number of halogens is 2. The highest BCUT2D eigenvalue weighted by Gasteiger charge is 2.12. The summed E-state index contributed by atoms with van der Waals surface area (Å²) in [6.45, 7) is 3.72. The second kappa shape index (κ2) is 7.65. The molecule has 2 heterocycles. The van der Waals surface area contributed by atoms with E-state index in [0.717, 1.165) is 10.2 Å². The van der Waals surface area contributed by atoms with Crippen molar-refractivity contribution in [3.8, 4) is 0 Å². The van der Waals surface area contributed by atoms with E-state index in [0.29, 0.717) is 34.3 Å². The topological polar surface area (TPSA) is 56.7 Å². The van der Waals surface area contributed by atoms with E-state index in [1.54, 1.807) is 12.1 Å². The SMILES string of the molecule is CCOCCn1c(=NC(=O)c2ccc(Br)o2)sc2cc(Cl)ccc21. The molecule has 24 heavy (non-hydrogen) atoms. The van der Waals surface area contributed by atoms with Gasteiger partial charge in [-0.1, -0.05) is 22.9 Å². The van der Waals surface area contributed by atoms with Gasteiger partial charge in [0.2, 0.25) is 0 Å².